The molecule has 0 aromatic heterocycles. The summed E-state index contributed by atoms with van der Waals surface area (Å²) in [6, 6.07) is 0.984. The van der Waals surface area contributed by atoms with Crippen LogP contribution < -0.4 is 14.8 Å². The van der Waals surface area contributed by atoms with Gasteiger partial charge >= 0.3 is 5.97 Å². The molecule has 0 fully saturated rings. The van der Waals surface area contributed by atoms with Crippen molar-refractivity contribution >= 4 is 17.6 Å². The molecule has 0 bridgehead atoms. The molecule has 1 rings (SSSR count). The minimum absolute atomic E-state index is 0.0542. The van der Waals surface area contributed by atoms with Gasteiger partial charge in [-0.25, -0.2) is 4.79 Å². The van der Waals surface area contributed by atoms with Crippen molar-refractivity contribution in [3.05, 3.63) is 40.0 Å². The first-order valence-electron chi connectivity index (χ1n) is 6.90. The molecule has 0 radical (unpaired) electrons. The van der Waals surface area contributed by atoms with Crippen LogP contribution in [-0.2, 0) is 4.79 Å². The molecule has 2 N–H and O–H groups in total. The minimum atomic E-state index is -1.25. The Morgan fingerprint density at radius 1 is 1.33 bits per heavy atom. The molecule has 0 heterocycles. The lowest BCUT2D eigenvalue weighted by Gasteiger charge is -2.14. The van der Waals surface area contributed by atoms with Gasteiger partial charge in [0, 0.05) is 6.07 Å². The number of carbonyl (C=O) groups is 2. The number of nitro groups is 1. The van der Waals surface area contributed by atoms with Gasteiger partial charge in [0.15, 0.2) is 11.5 Å². The van der Waals surface area contributed by atoms with Crippen LogP contribution in [0.3, 0.4) is 0 Å². The number of hydrogen-bond acceptors (Lipinski definition) is 6. The summed E-state index contributed by atoms with van der Waals surface area (Å²) < 4.78 is 9.99. The summed E-state index contributed by atoms with van der Waals surface area (Å²) in [5.74, 6) is -1.93. The highest BCUT2D eigenvalue weighted by atomic mass is 16.6. The van der Waals surface area contributed by atoms with E-state index in [0.717, 1.165) is 12.1 Å². The number of nitro benzene ring substituents is 1. The van der Waals surface area contributed by atoms with Crippen molar-refractivity contribution in [2.75, 3.05) is 14.2 Å². The van der Waals surface area contributed by atoms with Crippen LogP contribution >= 0.6 is 0 Å². The van der Waals surface area contributed by atoms with E-state index in [1.807, 2.05) is 0 Å². The fourth-order valence-corrected chi connectivity index (χ4v) is 1.93. The molecule has 1 aromatic rings. The van der Waals surface area contributed by atoms with Gasteiger partial charge in [0.2, 0.25) is 0 Å². The van der Waals surface area contributed by atoms with Crippen molar-refractivity contribution < 1.29 is 29.1 Å². The Hall–Kier alpha value is -3.10. The zero-order valence-electron chi connectivity index (χ0n) is 13.4. The second kappa shape index (κ2) is 8.51. The topological polar surface area (TPSA) is 128 Å². The summed E-state index contributed by atoms with van der Waals surface area (Å²) in [5.41, 5.74) is -0.829. The molecule has 9 heteroatoms. The number of hydrogen-bond donors (Lipinski definition) is 2. The Morgan fingerprint density at radius 3 is 2.38 bits per heavy atom. The molecule has 1 atom stereocenters. The Morgan fingerprint density at radius 2 is 1.92 bits per heavy atom. The number of benzene rings is 1. The van der Waals surface area contributed by atoms with Gasteiger partial charge in [-0.3, -0.25) is 14.9 Å². The minimum Gasteiger partial charge on any atom is -0.493 e. The molecule has 1 aromatic carbocycles. The molecule has 24 heavy (non-hydrogen) atoms. The van der Waals surface area contributed by atoms with Gasteiger partial charge in [0.1, 0.15) is 11.6 Å². The predicted molar refractivity (Wildman–Crippen MR) is 84.5 cm³/mol. The number of carboxylic acid groups (broad SMARTS) is 1. The molecule has 1 amide bonds. The Bertz CT molecular complexity index is 670. The number of nitrogens with zero attached hydrogens (tertiary/aromatic N) is 1. The van der Waals surface area contributed by atoms with E-state index in [0.29, 0.717) is 0 Å². The van der Waals surface area contributed by atoms with E-state index in [2.05, 4.69) is 5.32 Å². The van der Waals surface area contributed by atoms with E-state index in [-0.39, 0.29) is 23.5 Å². The summed E-state index contributed by atoms with van der Waals surface area (Å²) in [6.45, 7) is 1.71. The molecule has 0 aliphatic heterocycles. The largest absolute Gasteiger partial charge is 0.493 e. The highest BCUT2D eigenvalue weighted by Crippen LogP contribution is 2.34. The Kier molecular flexibility index (Phi) is 6.72. The number of rotatable bonds is 8. The predicted octanol–water partition coefficient (Wildman–Crippen LogP) is 1.76. The van der Waals surface area contributed by atoms with Crippen molar-refractivity contribution in [2.45, 2.75) is 19.4 Å². The quantitative estimate of drug-likeness (QED) is 0.420. The van der Waals surface area contributed by atoms with E-state index in [1.54, 1.807) is 19.1 Å². The normalized spacial score (nSPS) is 11.8. The van der Waals surface area contributed by atoms with Crippen molar-refractivity contribution in [3.8, 4) is 11.5 Å². The van der Waals surface area contributed by atoms with E-state index >= 15 is 0 Å². The fourth-order valence-electron chi connectivity index (χ4n) is 1.93. The number of carbonyl (C=O) groups excluding carboxylic acids is 1. The maximum Gasteiger partial charge on any atom is 0.326 e. The van der Waals surface area contributed by atoms with Crippen LogP contribution in [0.25, 0.3) is 0 Å². The van der Waals surface area contributed by atoms with Gasteiger partial charge in [0.05, 0.1) is 25.2 Å². The summed E-state index contributed by atoms with van der Waals surface area (Å²) in [6.07, 6.45) is 3.27. The van der Waals surface area contributed by atoms with Gasteiger partial charge in [-0.1, -0.05) is 12.2 Å². The number of methoxy groups -OCH3 is 2. The van der Waals surface area contributed by atoms with Crippen LogP contribution in [0.4, 0.5) is 5.69 Å². The maximum absolute atomic E-state index is 12.3. The lowest BCUT2D eigenvalue weighted by atomic mass is 10.1. The van der Waals surface area contributed by atoms with E-state index < -0.39 is 28.5 Å². The van der Waals surface area contributed by atoms with E-state index in [4.69, 9.17) is 14.6 Å². The highest BCUT2D eigenvalue weighted by molar-refractivity contribution is 6.00. The molecule has 0 spiro atoms. The van der Waals surface area contributed by atoms with E-state index in [9.17, 15) is 19.7 Å². The lowest BCUT2D eigenvalue weighted by molar-refractivity contribution is -0.385. The van der Waals surface area contributed by atoms with Crippen molar-refractivity contribution in [3.63, 3.8) is 0 Å². The molecule has 1 unspecified atom stereocenters. The molecular weight excluding hydrogens is 320 g/mol. The summed E-state index contributed by atoms with van der Waals surface area (Å²) in [7, 11) is 2.62. The van der Waals surface area contributed by atoms with Gasteiger partial charge in [-0.05, 0) is 13.3 Å². The summed E-state index contributed by atoms with van der Waals surface area (Å²) in [4.78, 5) is 33.9. The van der Waals surface area contributed by atoms with Crippen LogP contribution in [0, 0.1) is 10.1 Å². The number of aliphatic carboxylic acids is 1. The number of carboxylic acids is 1. The van der Waals surface area contributed by atoms with Gasteiger partial charge in [0.25, 0.3) is 11.6 Å². The average Bonchev–Trinajstić information content (AvgIpc) is 2.56. The Balaban J connectivity index is 3.24. The van der Waals surface area contributed by atoms with Crippen LogP contribution in [0.2, 0.25) is 0 Å². The first-order valence-corrected chi connectivity index (χ1v) is 6.90. The SMILES string of the molecule is C/C=C/CC(NC(=O)c1cc(OC)c(OC)cc1[N+](=O)[O-])C(=O)O. The third-order valence-electron chi connectivity index (χ3n) is 3.15. The zero-order chi connectivity index (χ0) is 18.3. The molecule has 0 aliphatic rings. The Labute approximate surface area is 138 Å². The fraction of sp³-hybridized carbons (Fsp3) is 0.333. The molecular formula is C15H18N2O7. The molecule has 130 valence electrons. The van der Waals surface area contributed by atoms with Crippen LogP contribution in [0.5, 0.6) is 11.5 Å². The van der Waals surface area contributed by atoms with Crippen molar-refractivity contribution in [2.24, 2.45) is 0 Å². The maximum atomic E-state index is 12.3. The summed E-state index contributed by atoms with van der Waals surface area (Å²) in [5, 5.41) is 22.6. The zero-order valence-corrected chi connectivity index (χ0v) is 13.4. The average molecular weight is 338 g/mol. The van der Waals surface area contributed by atoms with Gasteiger partial charge in [-0.15, -0.1) is 0 Å². The molecule has 0 saturated heterocycles. The lowest BCUT2D eigenvalue weighted by Crippen LogP contribution is -2.40. The van der Waals surface area contributed by atoms with Crippen LogP contribution in [0.15, 0.2) is 24.3 Å². The summed E-state index contributed by atoms with van der Waals surface area (Å²) >= 11 is 0. The molecule has 0 saturated carbocycles. The van der Waals surface area contributed by atoms with Crippen LogP contribution in [-0.4, -0.2) is 42.2 Å². The van der Waals surface area contributed by atoms with Gasteiger partial charge in [-0.2, -0.15) is 0 Å². The molecule has 9 nitrogen and oxygen atoms in total. The first-order chi connectivity index (χ1) is 11.3. The second-order valence-electron chi connectivity index (χ2n) is 4.65. The standard InChI is InChI=1S/C15H18N2O7/c1-4-5-6-10(15(19)20)16-14(18)9-7-12(23-2)13(24-3)8-11(9)17(21)22/h4-5,7-8,10H,6H2,1-3H3,(H,16,18)(H,19,20)/b5-4+. The van der Waals surface area contributed by atoms with Crippen molar-refractivity contribution in [1.29, 1.82) is 0 Å². The van der Waals surface area contributed by atoms with Gasteiger partial charge < -0.3 is 19.9 Å². The monoisotopic (exact) mass is 338 g/mol. The van der Waals surface area contributed by atoms with E-state index in [1.165, 1.54) is 14.2 Å². The highest BCUT2D eigenvalue weighted by Gasteiger charge is 2.27. The first kappa shape index (κ1) is 18.9. The number of allylic oxidation sites excluding steroid dienone is 1. The number of nitrogens with one attached hydrogen (secondary N) is 1. The van der Waals surface area contributed by atoms with Crippen LogP contribution in [0.1, 0.15) is 23.7 Å². The smallest absolute Gasteiger partial charge is 0.326 e. The number of ether oxygens (including phenoxy) is 2. The third kappa shape index (κ3) is 4.45. The number of amides is 1. The second-order valence-corrected chi connectivity index (χ2v) is 4.65. The van der Waals surface area contributed by atoms with Crippen molar-refractivity contribution in [1.82, 2.24) is 5.32 Å². The molecule has 0 aliphatic carbocycles. The third-order valence-corrected chi connectivity index (χ3v) is 3.15.